The molecule has 1 N–H and O–H groups in total. The van der Waals surface area contributed by atoms with Gasteiger partial charge >= 0.3 is 5.97 Å². The van der Waals surface area contributed by atoms with Crippen molar-refractivity contribution in [2.45, 2.75) is 19.9 Å². The maximum Gasteiger partial charge on any atom is 0.345 e. The van der Waals surface area contributed by atoms with E-state index in [2.05, 4.69) is 5.10 Å². The first kappa shape index (κ1) is 14.1. The number of carbonyl (C=O) groups is 1. The lowest BCUT2D eigenvalue weighted by atomic mass is 10.2. The molecular formula is C15H13ClN2O2S. The second-order valence-corrected chi connectivity index (χ2v) is 6.19. The molecule has 4 nitrogen and oxygen atoms in total. The van der Waals surface area contributed by atoms with Crippen LogP contribution in [0.3, 0.4) is 0 Å². The highest BCUT2D eigenvalue weighted by molar-refractivity contribution is 7.20. The number of nitrogens with zero attached hydrogens (tertiary/aromatic N) is 2. The molecule has 3 rings (SSSR count). The molecular weight excluding hydrogens is 308 g/mol. The van der Waals surface area contributed by atoms with Crippen molar-refractivity contribution in [1.82, 2.24) is 9.78 Å². The van der Waals surface area contributed by atoms with E-state index in [1.807, 2.05) is 35.9 Å². The Labute approximate surface area is 130 Å². The number of hydrogen-bond acceptors (Lipinski definition) is 3. The molecule has 0 atom stereocenters. The molecule has 21 heavy (non-hydrogen) atoms. The highest BCUT2D eigenvalue weighted by Gasteiger charge is 2.16. The predicted molar refractivity (Wildman–Crippen MR) is 84.5 cm³/mol. The van der Waals surface area contributed by atoms with Crippen LogP contribution in [0.2, 0.25) is 5.02 Å². The summed E-state index contributed by atoms with van der Waals surface area (Å²) in [5.41, 5.74) is 2.01. The normalized spacial score (nSPS) is 11.1. The van der Waals surface area contributed by atoms with Crippen molar-refractivity contribution in [3.63, 3.8) is 0 Å². The number of rotatable bonds is 4. The van der Waals surface area contributed by atoms with Crippen LogP contribution in [-0.2, 0) is 13.0 Å². The molecule has 0 amide bonds. The molecule has 108 valence electrons. The summed E-state index contributed by atoms with van der Waals surface area (Å²) in [5.74, 6) is -0.892. The molecule has 0 aliphatic heterocycles. The Bertz CT molecular complexity index is 805. The van der Waals surface area contributed by atoms with Gasteiger partial charge in [-0.1, -0.05) is 30.7 Å². The smallest absolute Gasteiger partial charge is 0.345 e. The average Bonchev–Trinajstić information content (AvgIpc) is 3.02. The first-order valence-electron chi connectivity index (χ1n) is 6.55. The highest BCUT2D eigenvalue weighted by atomic mass is 35.5. The van der Waals surface area contributed by atoms with E-state index >= 15 is 0 Å². The van der Waals surface area contributed by atoms with Gasteiger partial charge in [0, 0.05) is 10.4 Å². The van der Waals surface area contributed by atoms with Crippen LogP contribution < -0.4 is 0 Å². The molecule has 6 heteroatoms. The largest absolute Gasteiger partial charge is 0.477 e. The van der Waals surface area contributed by atoms with Crippen LogP contribution >= 0.6 is 22.9 Å². The lowest BCUT2D eigenvalue weighted by Crippen LogP contribution is -2.01. The Morgan fingerprint density at radius 2 is 2.10 bits per heavy atom. The van der Waals surface area contributed by atoms with Crippen molar-refractivity contribution in [2.75, 3.05) is 0 Å². The summed E-state index contributed by atoms with van der Waals surface area (Å²) in [6.07, 6.45) is 0.778. The Kier molecular flexibility index (Phi) is 3.69. The van der Waals surface area contributed by atoms with Crippen LogP contribution in [0.4, 0.5) is 0 Å². The maximum absolute atomic E-state index is 11.1. The van der Waals surface area contributed by atoms with Gasteiger partial charge in [-0.2, -0.15) is 5.10 Å². The first-order valence-corrected chi connectivity index (χ1v) is 7.75. The summed E-state index contributed by atoms with van der Waals surface area (Å²) in [6.45, 7) is 2.62. The van der Waals surface area contributed by atoms with Crippen LogP contribution in [0.5, 0.6) is 0 Å². The Morgan fingerprint density at radius 3 is 2.71 bits per heavy atom. The SMILES string of the molecule is CCc1nn(Cc2ccc(Cl)cc2)c2sc(C(=O)O)cc12. The van der Waals surface area contributed by atoms with Crippen molar-refractivity contribution in [3.05, 3.63) is 51.5 Å². The Balaban J connectivity index is 2.04. The third-order valence-corrected chi connectivity index (χ3v) is 4.68. The second-order valence-electron chi connectivity index (χ2n) is 4.72. The molecule has 3 aromatic rings. The van der Waals surface area contributed by atoms with Crippen molar-refractivity contribution >= 4 is 39.1 Å². The van der Waals surface area contributed by atoms with Crippen molar-refractivity contribution in [2.24, 2.45) is 0 Å². The molecule has 0 unspecified atom stereocenters. The Morgan fingerprint density at radius 1 is 1.38 bits per heavy atom. The number of aromatic carboxylic acids is 1. The van der Waals surface area contributed by atoms with Gasteiger partial charge in [-0.25, -0.2) is 4.79 Å². The van der Waals surface area contributed by atoms with E-state index in [0.717, 1.165) is 27.9 Å². The van der Waals surface area contributed by atoms with E-state index in [1.54, 1.807) is 6.07 Å². The molecule has 0 saturated carbocycles. The minimum atomic E-state index is -0.892. The van der Waals surface area contributed by atoms with Gasteiger partial charge in [0.15, 0.2) is 0 Å². The number of carboxylic acids is 1. The second kappa shape index (κ2) is 5.50. The van der Waals surface area contributed by atoms with Gasteiger partial charge in [-0.05, 0) is 30.2 Å². The fourth-order valence-corrected chi connectivity index (χ4v) is 3.36. The van der Waals surface area contributed by atoms with Crippen LogP contribution in [0, 0.1) is 0 Å². The maximum atomic E-state index is 11.1. The van der Waals surface area contributed by atoms with E-state index in [-0.39, 0.29) is 0 Å². The molecule has 0 radical (unpaired) electrons. The molecule has 2 heterocycles. The fraction of sp³-hybridized carbons (Fsp3) is 0.200. The van der Waals surface area contributed by atoms with E-state index in [9.17, 15) is 4.79 Å². The number of carboxylic acid groups (broad SMARTS) is 1. The Hall–Kier alpha value is -1.85. The summed E-state index contributed by atoms with van der Waals surface area (Å²) in [4.78, 5) is 12.4. The van der Waals surface area contributed by atoms with Crippen LogP contribution in [-0.4, -0.2) is 20.9 Å². The zero-order chi connectivity index (χ0) is 15.0. The molecule has 0 spiro atoms. The summed E-state index contributed by atoms with van der Waals surface area (Å²) in [5, 5.41) is 15.4. The number of halogens is 1. The first-order chi connectivity index (χ1) is 10.1. The molecule has 2 aromatic heterocycles. The van der Waals surface area contributed by atoms with Gasteiger partial charge in [0.2, 0.25) is 0 Å². The highest BCUT2D eigenvalue weighted by Crippen LogP contribution is 2.29. The van der Waals surface area contributed by atoms with Crippen LogP contribution in [0.15, 0.2) is 30.3 Å². The van der Waals surface area contributed by atoms with Crippen LogP contribution in [0.1, 0.15) is 27.9 Å². The number of thiophene rings is 1. The fourth-order valence-electron chi connectivity index (χ4n) is 2.26. The third kappa shape index (κ3) is 2.66. The molecule has 0 fully saturated rings. The van der Waals surface area contributed by atoms with Gasteiger partial charge in [0.05, 0.1) is 12.2 Å². The molecule has 1 aromatic carbocycles. The van der Waals surface area contributed by atoms with Gasteiger partial charge < -0.3 is 5.11 Å². The average molecular weight is 321 g/mol. The molecule has 0 aliphatic carbocycles. The number of fused-ring (bicyclic) bond motifs is 1. The topological polar surface area (TPSA) is 55.1 Å². The molecule has 0 saturated heterocycles. The van der Waals surface area contributed by atoms with E-state index in [4.69, 9.17) is 16.7 Å². The summed E-state index contributed by atoms with van der Waals surface area (Å²) < 4.78 is 1.87. The summed E-state index contributed by atoms with van der Waals surface area (Å²) in [6, 6.07) is 9.30. The van der Waals surface area contributed by atoms with Gasteiger partial charge in [-0.15, -0.1) is 11.3 Å². The zero-order valence-electron chi connectivity index (χ0n) is 11.3. The van der Waals surface area contributed by atoms with E-state index < -0.39 is 5.97 Å². The molecule has 0 aliphatic rings. The lowest BCUT2D eigenvalue weighted by Gasteiger charge is -2.03. The number of aryl methyl sites for hydroxylation is 1. The van der Waals surface area contributed by atoms with Crippen molar-refractivity contribution in [3.8, 4) is 0 Å². The number of aromatic nitrogens is 2. The number of hydrogen-bond donors (Lipinski definition) is 1. The van der Waals surface area contributed by atoms with E-state index in [0.29, 0.717) is 16.4 Å². The zero-order valence-corrected chi connectivity index (χ0v) is 12.9. The minimum absolute atomic E-state index is 0.349. The monoisotopic (exact) mass is 320 g/mol. The van der Waals surface area contributed by atoms with E-state index in [1.165, 1.54) is 11.3 Å². The molecule has 0 bridgehead atoms. The quantitative estimate of drug-likeness (QED) is 0.788. The van der Waals surface area contributed by atoms with Crippen LogP contribution in [0.25, 0.3) is 10.2 Å². The summed E-state index contributed by atoms with van der Waals surface area (Å²) in [7, 11) is 0. The standard InChI is InChI=1S/C15H13ClN2O2S/c1-2-12-11-7-13(15(19)20)21-14(11)18(17-12)8-9-3-5-10(16)6-4-9/h3-7H,2,8H2,1H3,(H,19,20). The van der Waals surface area contributed by atoms with Crippen molar-refractivity contribution in [1.29, 1.82) is 0 Å². The van der Waals surface area contributed by atoms with Gasteiger partial charge in [0.1, 0.15) is 9.71 Å². The summed E-state index contributed by atoms with van der Waals surface area (Å²) >= 11 is 7.15. The lowest BCUT2D eigenvalue weighted by molar-refractivity contribution is 0.0702. The minimum Gasteiger partial charge on any atom is -0.477 e. The number of benzene rings is 1. The van der Waals surface area contributed by atoms with Gasteiger partial charge in [-0.3, -0.25) is 4.68 Å². The third-order valence-electron chi connectivity index (χ3n) is 3.29. The van der Waals surface area contributed by atoms with Gasteiger partial charge in [0.25, 0.3) is 0 Å². The predicted octanol–water partition coefficient (Wildman–Crippen LogP) is 4.06. The van der Waals surface area contributed by atoms with Crippen molar-refractivity contribution < 1.29 is 9.90 Å².